The SMILES string of the molecule is CC(C)CC(NC(=O)C1CCCN1)C(=O)NCC(=O)N1CCCC1C(=O)NC(CCC(=O)O)C(=O)O. The Hall–Kier alpha value is -3.22. The lowest BCUT2D eigenvalue weighted by molar-refractivity contribution is -0.144. The molecule has 0 aromatic carbocycles. The first-order valence-corrected chi connectivity index (χ1v) is 12.4. The van der Waals surface area contributed by atoms with Crippen LogP contribution in [0.4, 0.5) is 0 Å². The Balaban J connectivity index is 1.93. The topological polar surface area (TPSA) is 194 Å². The van der Waals surface area contributed by atoms with E-state index in [2.05, 4.69) is 21.3 Å². The largest absolute Gasteiger partial charge is 0.481 e. The molecule has 2 heterocycles. The standard InChI is InChI=1S/C23H37N5O8/c1-13(2)11-16(27-21(33)14-5-3-9-24-14)20(32)25-12-18(29)28-10-4-6-17(28)22(34)26-15(23(35)36)7-8-19(30)31/h13-17,24H,3-12H2,1-2H3,(H,25,32)(H,26,34)(H,27,33)(H,30,31)(H,35,36). The predicted molar refractivity (Wildman–Crippen MR) is 127 cm³/mol. The maximum atomic E-state index is 12.8. The number of carbonyl (C=O) groups excluding carboxylic acids is 4. The fourth-order valence-electron chi connectivity index (χ4n) is 4.40. The number of hydrogen-bond donors (Lipinski definition) is 6. The number of nitrogens with one attached hydrogen (secondary N) is 4. The Morgan fingerprint density at radius 1 is 0.972 bits per heavy atom. The van der Waals surface area contributed by atoms with Crippen LogP contribution in [0.15, 0.2) is 0 Å². The van der Waals surface area contributed by atoms with Gasteiger partial charge in [0, 0.05) is 13.0 Å². The van der Waals surface area contributed by atoms with Crippen molar-refractivity contribution < 1.29 is 39.0 Å². The molecule has 2 rings (SSSR count). The zero-order chi connectivity index (χ0) is 26.8. The number of aliphatic carboxylic acids is 2. The highest BCUT2D eigenvalue weighted by Gasteiger charge is 2.36. The molecule has 202 valence electrons. The van der Waals surface area contributed by atoms with Crippen molar-refractivity contribution in [2.45, 2.75) is 83.0 Å². The molecule has 36 heavy (non-hydrogen) atoms. The molecule has 0 radical (unpaired) electrons. The molecule has 13 heteroatoms. The third-order valence-electron chi connectivity index (χ3n) is 6.27. The molecule has 6 N–H and O–H groups in total. The second kappa shape index (κ2) is 13.8. The van der Waals surface area contributed by atoms with Crippen molar-refractivity contribution in [2.24, 2.45) is 5.92 Å². The number of carboxylic acids is 2. The van der Waals surface area contributed by atoms with Gasteiger partial charge in [-0.2, -0.15) is 0 Å². The highest BCUT2D eigenvalue weighted by atomic mass is 16.4. The highest BCUT2D eigenvalue weighted by molar-refractivity contribution is 5.94. The summed E-state index contributed by atoms with van der Waals surface area (Å²) in [6.45, 7) is 4.46. The van der Waals surface area contributed by atoms with E-state index in [-0.39, 0.29) is 37.4 Å². The summed E-state index contributed by atoms with van der Waals surface area (Å²) in [4.78, 5) is 74.2. The Morgan fingerprint density at radius 2 is 1.67 bits per heavy atom. The molecule has 13 nitrogen and oxygen atoms in total. The molecule has 0 aliphatic carbocycles. The number of likely N-dealkylation sites (tertiary alicyclic amines) is 1. The van der Waals surface area contributed by atoms with Crippen molar-refractivity contribution in [1.82, 2.24) is 26.2 Å². The number of nitrogens with zero attached hydrogens (tertiary/aromatic N) is 1. The first-order valence-electron chi connectivity index (χ1n) is 12.4. The third-order valence-corrected chi connectivity index (χ3v) is 6.27. The van der Waals surface area contributed by atoms with Crippen LogP contribution in [-0.2, 0) is 28.8 Å². The molecule has 2 aliphatic heterocycles. The Bertz CT molecular complexity index is 842. The lowest BCUT2D eigenvalue weighted by Crippen LogP contribution is -2.55. The van der Waals surface area contributed by atoms with E-state index < -0.39 is 54.2 Å². The number of amides is 4. The van der Waals surface area contributed by atoms with Crippen molar-refractivity contribution >= 4 is 35.6 Å². The van der Waals surface area contributed by atoms with Crippen molar-refractivity contribution in [2.75, 3.05) is 19.6 Å². The van der Waals surface area contributed by atoms with Gasteiger partial charge in [0.25, 0.3) is 0 Å². The van der Waals surface area contributed by atoms with Crippen LogP contribution in [0.25, 0.3) is 0 Å². The third kappa shape index (κ3) is 8.77. The molecule has 0 bridgehead atoms. The second-order valence-corrected chi connectivity index (χ2v) is 9.63. The first-order chi connectivity index (χ1) is 17.0. The quantitative estimate of drug-likeness (QED) is 0.176. The maximum absolute atomic E-state index is 12.8. The van der Waals surface area contributed by atoms with Gasteiger partial charge in [0.1, 0.15) is 18.1 Å². The summed E-state index contributed by atoms with van der Waals surface area (Å²) in [6.07, 6.45) is 2.08. The zero-order valence-electron chi connectivity index (χ0n) is 20.7. The molecule has 0 aromatic heterocycles. The number of carboxylic acid groups (broad SMARTS) is 2. The van der Waals surface area contributed by atoms with Crippen LogP contribution in [0.3, 0.4) is 0 Å². The lowest BCUT2D eigenvalue weighted by Gasteiger charge is -2.26. The minimum atomic E-state index is -1.39. The van der Waals surface area contributed by atoms with E-state index in [1.807, 2.05) is 13.8 Å². The van der Waals surface area contributed by atoms with Crippen LogP contribution >= 0.6 is 0 Å². The summed E-state index contributed by atoms with van der Waals surface area (Å²) in [5.41, 5.74) is 0. The van der Waals surface area contributed by atoms with E-state index in [9.17, 15) is 33.9 Å². The lowest BCUT2D eigenvalue weighted by atomic mass is 10.0. The predicted octanol–water partition coefficient (Wildman–Crippen LogP) is -1.19. The van der Waals surface area contributed by atoms with Crippen LogP contribution in [-0.4, -0.2) is 94.5 Å². The van der Waals surface area contributed by atoms with Crippen molar-refractivity contribution in [3.8, 4) is 0 Å². The van der Waals surface area contributed by atoms with Gasteiger partial charge in [-0.05, 0) is 51.0 Å². The summed E-state index contributed by atoms with van der Waals surface area (Å²) in [5.74, 6) is -4.38. The van der Waals surface area contributed by atoms with Crippen LogP contribution in [0.2, 0.25) is 0 Å². The average Bonchev–Trinajstić information content (AvgIpc) is 3.51. The van der Waals surface area contributed by atoms with Gasteiger partial charge >= 0.3 is 11.9 Å². The van der Waals surface area contributed by atoms with E-state index in [0.29, 0.717) is 25.7 Å². The molecular weight excluding hydrogens is 474 g/mol. The van der Waals surface area contributed by atoms with Crippen molar-refractivity contribution in [3.05, 3.63) is 0 Å². The molecule has 0 spiro atoms. The van der Waals surface area contributed by atoms with Gasteiger partial charge in [0.05, 0.1) is 12.6 Å². The van der Waals surface area contributed by atoms with E-state index in [0.717, 1.165) is 13.0 Å². The van der Waals surface area contributed by atoms with Crippen LogP contribution < -0.4 is 21.3 Å². The zero-order valence-corrected chi connectivity index (χ0v) is 20.7. The van der Waals surface area contributed by atoms with E-state index in [1.54, 1.807) is 0 Å². The number of rotatable bonds is 13. The van der Waals surface area contributed by atoms with Crippen LogP contribution in [0.1, 0.15) is 58.8 Å². The summed E-state index contributed by atoms with van der Waals surface area (Å²) in [7, 11) is 0. The Kier molecular flexibility index (Phi) is 11.1. The van der Waals surface area contributed by atoms with Gasteiger partial charge in [-0.25, -0.2) is 4.79 Å². The average molecular weight is 512 g/mol. The van der Waals surface area contributed by atoms with Crippen molar-refractivity contribution in [3.63, 3.8) is 0 Å². The molecule has 2 saturated heterocycles. The second-order valence-electron chi connectivity index (χ2n) is 9.63. The molecule has 2 fully saturated rings. The van der Waals surface area contributed by atoms with Gasteiger partial charge in [0.15, 0.2) is 0 Å². The Labute approximate surface area is 209 Å². The minimum Gasteiger partial charge on any atom is -0.481 e. The number of carbonyl (C=O) groups is 6. The van der Waals surface area contributed by atoms with Crippen LogP contribution in [0.5, 0.6) is 0 Å². The number of hydrogen-bond acceptors (Lipinski definition) is 7. The summed E-state index contributed by atoms with van der Waals surface area (Å²) in [5, 5.41) is 28.8. The van der Waals surface area contributed by atoms with Crippen LogP contribution in [0, 0.1) is 5.92 Å². The first kappa shape index (κ1) is 29.0. The monoisotopic (exact) mass is 511 g/mol. The maximum Gasteiger partial charge on any atom is 0.326 e. The van der Waals surface area contributed by atoms with Gasteiger partial charge in [-0.3, -0.25) is 24.0 Å². The molecule has 0 aromatic rings. The van der Waals surface area contributed by atoms with Gasteiger partial charge in [0.2, 0.25) is 23.6 Å². The van der Waals surface area contributed by atoms with Gasteiger partial charge in [-0.1, -0.05) is 13.8 Å². The van der Waals surface area contributed by atoms with E-state index in [4.69, 9.17) is 5.11 Å². The normalized spacial score (nSPS) is 21.0. The molecule has 4 unspecified atom stereocenters. The van der Waals surface area contributed by atoms with Gasteiger partial charge in [-0.15, -0.1) is 0 Å². The molecular formula is C23H37N5O8. The van der Waals surface area contributed by atoms with Gasteiger partial charge < -0.3 is 36.4 Å². The van der Waals surface area contributed by atoms with E-state index >= 15 is 0 Å². The summed E-state index contributed by atoms with van der Waals surface area (Å²) in [6, 6.07) is -3.46. The molecule has 4 amide bonds. The summed E-state index contributed by atoms with van der Waals surface area (Å²) < 4.78 is 0. The summed E-state index contributed by atoms with van der Waals surface area (Å²) >= 11 is 0. The Morgan fingerprint density at radius 3 is 2.25 bits per heavy atom. The fourth-order valence-corrected chi connectivity index (χ4v) is 4.40. The smallest absolute Gasteiger partial charge is 0.326 e. The fraction of sp³-hybridized carbons (Fsp3) is 0.739. The van der Waals surface area contributed by atoms with Crippen molar-refractivity contribution in [1.29, 1.82) is 0 Å². The highest BCUT2D eigenvalue weighted by Crippen LogP contribution is 2.18. The molecule has 0 saturated carbocycles. The molecule has 2 aliphatic rings. The minimum absolute atomic E-state index is 0.114. The molecule has 4 atom stereocenters. The van der Waals surface area contributed by atoms with E-state index in [1.165, 1.54) is 4.90 Å².